The Balaban J connectivity index is 3.84. The normalized spacial score (nSPS) is 14.1. The van der Waals surface area contributed by atoms with Gasteiger partial charge in [-0.2, -0.15) is 0 Å². The van der Waals surface area contributed by atoms with E-state index < -0.39 is 8.07 Å². The second-order valence-electron chi connectivity index (χ2n) is 4.06. The molecule has 0 aliphatic heterocycles. The van der Waals surface area contributed by atoms with Crippen molar-refractivity contribution in [2.24, 2.45) is 0 Å². The molecule has 1 radical (unpaired) electrons. The van der Waals surface area contributed by atoms with Crippen LogP contribution in [0.5, 0.6) is 0 Å². The number of hydrogen-bond acceptors (Lipinski definition) is 2. The monoisotopic (exact) mass is 187 g/mol. The van der Waals surface area contributed by atoms with Gasteiger partial charge in [0.25, 0.3) is 0 Å². The standard InChI is InChI=1S/C9H19O2Si/c1-6-7-9(10)11-8(2)12(3,4)5/h7-8H,6H2,1-5H3. The molecule has 1 unspecified atom stereocenters. The van der Waals surface area contributed by atoms with E-state index >= 15 is 0 Å². The lowest BCUT2D eigenvalue weighted by atomic mass is 10.3. The van der Waals surface area contributed by atoms with Crippen LogP contribution < -0.4 is 0 Å². The first-order valence-electron chi connectivity index (χ1n) is 4.41. The van der Waals surface area contributed by atoms with Gasteiger partial charge in [-0.25, -0.2) is 0 Å². The van der Waals surface area contributed by atoms with Crippen LogP contribution in [0.15, 0.2) is 0 Å². The van der Waals surface area contributed by atoms with Crippen LogP contribution in [-0.4, -0.2) is 19.8 Å². The zero-order valence-electron chi connectivity index (χ0n) is 8.68. The Hall–Kier alpha value is -0.313. The fourth-order valence-electron chi connectivity index (χ4n) is 0.566. The largest absolute Gasteiger partial charge is 0.466 e. The highest BCUT2D eigenvalue weighted by Crippen LogP contribution is 2.11. The maximum Gasteiger partial charge on any atom is 0.309 e. The molecule has 0 aliphatic carbocycles. The minimum absolute atomic E-state index is 0.104. The smallest absolute Gasteiger partial charge is 0.309 e. The highest BCUT2D eigenvalue weighted by molar-refractivity contribution is 6.77. The van der Waals surface area contributed by atoms with E-state index in [1.807, 2.05) is 13.8 Å². The Kier molecular flexibility index (Phi) is 4.53. The van der Waals surface area contributed by atoms with E-state index in [2.05, 4.69) is 19.6 Å². The van der Waals surface area contributed by atoms with Gasteiger partial charge in [0.2, 0.25) is 0 Å². The minimum atomic E-state index is -1.32. The maximum atomic E-state index is 11.0. The molecule has 0 fully saturated rings. The third kappa shape index (κ3) is 4.54. The third-order valence-electron chi connectivity index (χ3n) is 1.88. The summed E-state index contributed by atoms with van der Waals surface area (Å²) in [5.74, 6) is -0.174. The number of ether oxygens (including phenoxy) is 1. The van der Waals surface area contributed by atoms with Crippen molar-refractivity contribution in [1.29, 1.82) is 0 Å². The average Bonchev–Trinajstić information content (AvgIpc) is 1.85. The molecule has 0 aromatic carbocycles. The lowest BCUT2D eigenvalue weighted by molar-refractivity contribution is -0.141. The van der Waals surface area contributed by atoms with Crippen molar-refractivity contribution in [1.82, 2.24) is 0 Å². The molecule has 0 saturated heterocycles. The lowest BCUT2D eigenvalue weighted by Gasteiger charge is -2.24. The van der Waals surface area contributed by atoms with Gasteiger partial charge in [0.05, 0.1) is 20.2 Å². The van der Waals surface area contributed by atoms with Gasteiger partial charge in [0.15, 0.2) is 0 Å². The predicted molar refractivity (Wildman–Crippen MR) is 53.5 cm³/mol. The van der Waals surface area contributed by atoms with E-state index in [-0.39, 0.29) is 11.7 Å². The molecule has 0 aliphatic rings. The van der Waals surface area contributed by atoms with E-state index in [0.29, 0.717) is 0 Å². The molecule has 0 saturated carbocycles. The zero-order valence-corrected chi connectivity index (χ0v) is 9.68. The summed E-state index contributed by atoms with van der Waals surface area (Å²) in [6, 6.07) is 0. The van der Waals surface area contributed by atoms with Crippen LogP contribution in [-0.2, 0) is 9.53 Å². The van der Waals surface area contributed by atoms with Gasteiger partial charge < -0.3 is 4.74 Å². The summed E-state index contributed by atoms with van der Waals surface area (Å²) >= 11 is 0. The van der Waals surface area contributed by atoms with Crippen LogP contribution in [0.3, 0.4) is 0 Å². The molecular formula is C9H19O2Si. The van der Waals surface area contributed by atoms with E-state index in [0.717, 1.165) is 6.42 Å². The molecule has 0 aromatic heterocycles. The van der Waals surface area contributed by atoms with Gasteiger partial charge in [-0.1, -0.05) is 26.6 Å². The van der Waals surface area contributed by atoms with Crippen molar-refractivity contribution in [3.63, 3.8) is 0 Å². The molecule has 0 bridgehead atoms. The number of hydrogen-bond donors (Lipinski definition) is 0. The summed E-state index contributed by atoms with van der Waals surface area (Å²) < 4.78 is 5.22. The van der Waals surface area contributed by atoms with Gasteiger partial charge in [-0.15, -0.1) is 0 Å². The van der Waals surface area contributed by atoms with Crippen molar-refractivity contribution >= 4 is 14.0 Å². The van der Waals surface area contributed by atoms with Crippen LogP contribution in [0.4, 0.5) is 0 Å². The molecule has 0 aromatic rings. The van der Waals surface area contributed by atoms with Gasteiger partial charge >= 0.3 is 5.97 Å². The summed E-state index contributed by atoms with van der Waals surface area (Å²) in [5.41, 5.74) is 0.104. The highest BCUT2D eigenvalue weighted by atomic mass is 28.3. The minimum Gasteiger partial charge on any atom is -0.466 e. The summed E-state index contributed by atoms with van der Waals surface area (Å²) in [7, 11) is -1.32. The Labute approximate surface area is 76.3 Å². The number of esters is 1. The molecule has 0 amide bonds. The van der Waals surface area contributed by atoms with E-state index in [4.69, 9.17) is 4.74 Å². The van der Waals surface area contributed by atoms with Crippen LogP contribution in [0.2, 0.25) is 19.6 Å². The molecule has 0 rings (SSSR count). The SMILES string of the molecule is CC[CH]C(=O)OC(C)[Si](C)(C)C. The van der Waals surface area contributed by atoms with Gasteiger partial charge in [0.1, 0.15) is 0 Å². The van der Waals surface area contributed by atoms with E-state index in [9.17, 15) is 4.79 Å². The molecule has 71 valence electrons. The molecule has 0 heterocycles. The Morgan fingerprint density at radius 3 is 2.33 bits per heavy atom. The predicted octanol–water partition coefficient (Wildman–Crippen LogP) is 2.41. The van der Waals surface area contributed by atoms with Crippen molar-refractivity contribution in [3.05, 3.63) is 6.42 Å². The summed E-state index contributed by atoms with van der Waals surface area (Å²) in [6.07, 6.45) is 2.33. The number of carbonyl (C=O) groups excluding carboxylic acids is 1. The fraction of sp³-hybridized carbons (Fsp3) is 0.778. The fourth-order valence-corrected chi connectivity index (χ4v) is 1.04. The number of rotatable bonds is 4. The Morgan fingerprint density at radius 2 is 2.00 bits per heavy atom. The molecule has 3 heteroatoms. The first-order chi connectivity index (χ1) is 5.38. The maximum absolute atomic E-state index is 11.0. The van der Waals surface area contributed by atoms with Gasteiger partial charge in [-0.3, -0.25) is 4.79 Å². The molecule has 2 nitrogen and oxygen atoms in total. The van der Waals surface area contributed by atoms with Crippen molar-refractivity contribution in [2.75, 3.05) is 0 Å². The average molecular weight is 187 g/mol. The van der Waals surface area contributed by atoms with Crippen LogP contribution in [0, 0.1) is 6.42 Å². The third-order valence-corrected chi connectivity index (χ3v) is 4.44. The van der Waals surface area contributed by atoms with Gasteiger partial charge in [-0.05, 0) is 13.3 Å². The van der Waals surface area contributed by atoms with Crippen molar-refractivity contribution < 1.29 is 9.53 Å². The summed E-state index contributed by atoms with van der Waals surface area (Å²) in [6.45, 7) is 10.5. The first kappa shape index (κ1) is 11.7. The molecule has 0 spiro atoms. The van der Waals surface area contributed by atoms with Crippen LogP contribution in [0.25, 0.3) is 0 Å². The first-order valence-corrected chi connectivity index (χ1v) is 7.99. The summed E-state index contributed by atoms with van der Waals surface area (Å²) in [4.78, 5) is 11.0. The van der Waals surface area contributed by atoms with Crippen LogP contribution in [0.1, 0.15) is 20.3 Å². The van der Waals surface area contributed by atoms with Gasteiger partial charge in [0, 0.05) is 0 Å². The molecule has 1 atom stereocenters. The molecular weight excluding hydrogens is 168 g/mol. The Morgan fingerprint density at radius 1 is 1.50 bits per heavy atom. The van der Waals surface area contributed by atoms with Crippen molar-refractivity contribution in [2.45, 2.75) is 45.6 Å². The van der Waals surface area contributed by atoms with E-state index in [1.165, 1.54) is 0 Å². The Bertz CT molecular complexity index is 149. The zero-order chi connectivity index (χ0) is 9.78. The molecule has 12 heavy (non-hydrogen) atoms. The topological polar surface area (TPSA) is 26.3 Å². The van der Waals surface area contributed by atoms with E-state index in [1.54, 1.807) is 6.42 Å². The second kappa shape index (κ2) is 4.65. The highest BCUT2D eigenvalue weighted by Gasteiger charge is 2.25. The summed E-state index contributed by atoms with van der Waals surface area (Å²) in [5, 5.41) is 0. The second-order valence-corrected chi connectivity index (χ2v) is 9.60. The van der Waals surface area contributed by atoms with Crippen LogP contribution >= 0.6 is 0 Å². The molecule has 0 N–H and O–H groups in total. The quantitative estimate of drug-likeness (QED) is 0.499. The lowest BCUT2D eigenvalue weighted by Crippen LogP contribution is -2.39. The number of carbonyl (C=O) groups is 1. The van der Waals surface area contributed by atoms with Crippen molar-refractivity contribution in [3.8, 4) is 0 Å².